The number of aliphatic carboxylic acids is 1. The summed E-state index contributed by atoms with van der Waals surface area (Å²) in [5.74, 6) is -3.51. The van der Waals surface area contributed by atoms with Gasteiger partial charge in [0.2, 0.25) is 0 Å². The molecule has 5 nitrogen and oxygen atoms in total. The molecule has 0 fully saturated rings. The highest BCUT2D eigenvalue weighted by molar-refractivity contribution is 6.51. The monoisotopic (exact) mass is 153 g/mol. The van der Waals surface area contributed by atoms with Crippen LogP contribution in [-0.2, 0) is 14.4 Å². The lowest BCUT2D eigenvalue weighted by Gasteiger charge is -1.98. The fourth-order valence-electron chi connectivity index (χ4n) is 0.597. The van der Waals surface area contributed by atoms with Gasteiger partial charge in [-0.05, 0) is 6.08 Å². The van der Waals surface area contributed by atoms with Gasteiger partial charge in [-0.2, -0.15) is 0 Å². The minimum atomic E-state index is -1.41. The van der Waals surface area contributed by atoms with Crippen LogP contribution >= 0.6 is 0 Å². The summed E-state index contributed by atoms with van der Waals surface area (Å²) in [5.41, 5.74) is -0.537. The second kappa shape index (κ2) is 2.45. The number of hydrogen-bond donors (Lipinski definition) is 1. The number of ketones is 1. The van der Waals surface area contributed by atoms with Gasteiger partial charge < -0.3 is 5.11 Å². The van der Waals surface area contributed by atoms with Gasteiger partial charge in [0.15, 0.2) is 0 Å². The minimum absolute atomic E-state index is 0.537. The molecule has 56 valence electrons. The summed E-state index contributed by atoms with van der Waals surface area (Å²) in [5, 5.41) is 8.32. The molecule has 5 heteroatoms. The molecule has 0 atom stereocenters. The van der Waals surface area contributed by atoms with E-state index in [2.05, 4.69) is 4.99 Å². The molecule has 0 aromatic rings. The summed E-state index contributed by atoms with van der Waals surface area (Å²) in [6.45, 7) is 0. The first-order valence-corrected chi connectivity index (χ1v) is 2.69. The van der Waals surface area contributed by atoms with E-state index in [1.165, 1.54) is 0 Å². The molecule has 0 aromatic heterocycles. The molecule has 0 unspecified atom stereocenters. The van der Waals surface area contributed by atoms with Crippen molar-refractivity contribution in [3.63, 3.8) is 0 Å². The summed E-state index contributed by atoms with van der Waals surface area (Å²) < 4.78 is 0. The number of dihydropyridines is 1. The van der Waals surface area contributed by atoms with Crippen LogP contribution in [-0.4, -0.2) is 29.0 Å². The Kier molecular flexibility index (Phi) is 1.63. The highest BCUT2D eigenvalue weighted by Gasteiger charge is 2.25. The second-order valence-corrected chi connectivity index (χ2v) is 1.80. The van der Waals surface area contributed by atoms with Crippen LogP contribution in [0.25, 0.3) is 0 Å². The SMILES string of the molecule is O=C(O)C1=CC=NC(=O)C1=O. The third kappa shape index (κ3) is 1.21. The van der Waals surface area contributed by atoms with Crippen molar-refractivity contribution in [2.45, 2.75) is 0 Å². The smallest absolute Gasteiger partial charge is 0.339 e. The number of carboxylic acids is 1. The van der Waals surface area contributed by atoms with Gasteiger partial charge in [0.25, 0.3) is 5.78 Å². The molecule has 0 aliphatic carbocycles. The van der Waals surface area contributed by atoms with Gasteiger partial charge >= 0.3 is 11.9 Å². The van der Waals surface area contributed by atoms with E-state index in [4.69, 9.17) is 5.11 Å². The summed E-state index contributed by atoms with van der Waals surface area (Å²) in [6, 6.07) is 0. The van der Waals surface area contributed by atoms with Crippen LogP contribution in [0.2, 0.25) is 0 Å². The number of amides is 1. The zero-order valence-electron chi connectivity index (χ0n) is 5.27. The molecule has 1 aliphatic rings. The van der Waals surface area contributed by atoms with Gasteiger partial charge in [0.1, 0.15) is 5.57 Å². The predicted molar refractivity (Wildman–Crippen MR) is 34.2 cm³/mol. The average Bonchev–Trinajstić information content (AvgIpc) is 1.94. The van der Waals surface area contributed by atoms with Crippen molar-refractivity contribution in [1.29, 1.82) is 0 Å². The Morgan fingerprint density at radius 1 is 1.45 bits per heavy atom. The van der Waals surface area contributed by atoms with Crippen molar-refractivity contribution in [2.75, 3.05) is 0 Å². The van der Waals surface area contributed by atoms with Gasteiger partial charge in [-0.25, -0.2) is 9.79 Å². The molecule has 0 radical (unpaired) electrons. The first-order chi connectivity index (χ1) is 5.13. The van der Waals surface area contributed by atoms with E-state index in [1.54, 1.807) is 0 Å². The van der Waals surface area contributed by atoms with Crippen molar-refractivity contribution in [3.05, 3.63) is 11.6 Å². The van der Waals surface area contributed by atoms with E-state index in [0.29, 0.717) is 0 Å². The normalized spacial score (nSPS) is 16.5. The third-order valence-corrected chi connectivity index (χ3v) is 1.10. The zero-order valence-corrected chi connectivity index (χ0v) is 5.27. The number of rotatable bonds is 1. The van der Waals surface area contributed by atoms with Crippen molar-refractivity contribution < 1.29 is 19.5 Å². The van der Waals surface area contributed by atoms with Crippen LogP contribution in [0.1, 0.15) is 0 Å². The molecule has 0 bridgehead atoms. The molecule has 1 aliphatic heterocycles. The number of carbonyl (C=O) groups excluding carboxylic acids is 2. The standard InChI is InChI=1S/C6H3NO4/c8-4-3(6(10)11)1-2-7-5(4)9/h1-2H,(H,10,11). The predicted octanol–water partition coefficient (Wildman–Crippen LogP) is -0.823. The molecule has 0 aromatic carbocycles. The highest BCUT2D eigenvalue weighted by atomic mass is 16.4. The van der Waals surface area contributed by atoms with E-state index < -0.39 is 23.2 Å². The van der Waals surface area contributed by atoms with Crippen LogP contribution in [0.15, 0.2) is 16.6 Å². The first-order valence-electron chi connectivity index (χ1n) is 2.69. The van der Waals surface area contributed by atoms with E-state index in [0.717, 1.165) is 12.3 Å². The Morgan fingerprint density at radius 3 is 2.55 bits per heavy atom. The van der Waals surface area contributed by atoms with E-state index in [-0.39, 0.29) is 0 Å². The van der Waals surface area contributed by atoms with Gasteiger partial charge in [0, 0.05) is 6.21 Å². The molecule has 0 saturated carbocycles. The fourth-order valence-corrected chi connectivity index (χ4v) is 0.597. The van der Waals surface area contributed by atoms with Crippen LogP contribution in [0.5, 0.6) is 0 Å². The third-order valence-electron chi connectivity index (χ3n) is 1.10. The summed E-state index contributed by atoms with van der Waals surface area (Å²) >= 11 is 0. The van der Waals surface area contributed by atoms with Crippen LogP contribution in [0.3, 0.4) is 0 Å². The Hall–Kier alpha value is -1.78. The zero-order chi connectivity index (χ0) is 8.43. The van der Waals surface area contributed by atoms with Crippen molar-refractivity contribution >= 4 is 23.9 Å². The van der Waals surface area contributed by atoms with Crippen LogP contribution < -0.4 is 0 Å². The van der Waals surface area contributed by atoms with Gasteiger partial charge in [-0.3, -0.25) is 9.59 Å². The molecular weight excluding hydrogens is 150 g/mol. The van der Waals surface area contributed by atoms with Crippen molar-refractivity contribution in [2.24, 2.45) is 4.99 Å². The van der Waals surface area contributed by atoms with E-state index >= 15 is 0 Å². The van der Waals surface area contributed by atoms with E-state index in [1.807, 2.05) is 0 Å². The molecule has 11 heavy (non-hydrogen) atoms. The second-order valence-electron chi connectivity index (χ2n) is 1.80. The Bertz CT molecular complexity index is 300. The lowest BCUT2D eigenvalue weighted by atomic mass is 10.1. The molecule has 1 rings (SSSR count). The number of allylic oxidation sites excluding steroid dienone is 1. The topological polar surface area (TPSA) is 83.8 Å². The lowest BCUT2D eigenvalue weighted by Crippen LogP contribution is -2.22. The maximum atomic E-state index is 10.7. The molecule has 1 heterocycles. The number of aliphatic imine (C=N–C) groups is 1. The molecule has 1 amide bonds. The number of Topliss-reactive ketones (excluding diaryl/α,β-unsaturated/α-hetero) is 1. The van der Waals surface area contributed by atoms with Crippen molar-refractivity contribution in [3.8, 4) is 0 Å². The lowest BCUT2D eigenvalue weighted by molar-refractivity contribution is -0.139. The first kappa shape index (κ1) is 7.33. The minimum Gasteiger partial charge on any atom is -0.478 e. The van der Waals surface area contributed by atoms with Gasteiger partial charge in [-0.1, -0.05) is 0 Å². The highest BCUT2D eigenvalue weighted by Crippen LogP contribution is 2.01. The number of carbonyl (C=O) groups is 3. The quantitative estimate of drug-likeness (QED) is 0.394. The van der Waals surface area contributed by atoms with Crippen LogP contribution in [0.4, 0.5) is 0 Å². The summed E-state index contributed by atoms with van der Waals surface area (Å²) in [6.07, 6.45) is 1.99. The van der Waals surface area contributed by atoms with Crippen molar-refractivity contribution in [1.82, 2.24) is 0 Å². The Morgan fingerprint density at radius 2 is 2.09 bits per heavy atom. The fraction of sp³-hybridized carbons (Fsp3) is 0. The number of hydrogen-bond acceptors (Lipinski definition) is 3. The number of carboxylic acid groups (broad SMARTS) is 1. The Balaban J connectivity index is 3.06. The maximum Gasteiger partial charge on any atom is 0.339 e. The van der Waals surface area contributed by atoms with Crippen LogP contribution in [0, 0.1) is 0 Å². The molecular formula is C6H3NO4. The molecule has 0 spiro atoms. The van der Waals surface area contributed by atoms with Gasteiger partial charge in [-0.15, -0.1) is 0 Å². The number of nitrogens with zero attached hydrogens (tertiary/aromatic N) is 1. The molecule has 1 N–H and O–H groups in total. The van der Waals surface area contributed by atoms with E-state index in [9.17, 15) is 14.4 Å². The summed E-state index contributed by atoms with van der Waals surface area (Å²) in [4.78, 5) is 34.4. The largest absolute Gasteiger partial charge is 0.478 e. The maximum absolute atomic E-state index is 10.7. The Labute approximate surface area is 61.0 Å². The molecule has 0 saturated heterocycles. The average molecular weight is 153 g/mol. The summed E-state index contributed by atoms with van der Waals surface area (Å²) in [7, 11) is 0. The van der Waals surface area contributed by atoms with Gasteiger partial charge in [0.05, 0.1) is 0 Å².